The Morgan fingerprint density at radius 2 is 2.21 bits per heavy atom. The minimum absolute atomic E-state index is 0.215. The Morgan fingerprint density at radius 3 is 2.79 bits per heavy atom. The van der Waals surface area contributed by atoms with Crippen molar-refractivity contribution in [2.24, 2.45) is 0 Å². The van der Waals surface area contributed by atoms with E-state index in [2.05, 4.69) is 10.3 Å². The maximum Gasteiger partial charge on any atom is 0.147 e. The summed E-state index contributed by atoms with van der Waals surface area (Å²) in [6.07, 6.45) is 3.54. The molecule has 4 nitrogen and oxygen atoms in total. The lowest BCUT2D eigenvalue weighted by atomic mass is 10.4. The predicted octanol–water partition coefficient (Wildman–Crippen LogP) is 0.928. The molecule has 0 aromatic carbocycles. The highest BCUT2D eigenvalue weighted by molar-refractivity contribution is 7.90. The van der Waals surface area contributed by atoms with Crippen LogP contribution in [0.3, 0.4) is 0 Å². The van der Waals surface area contributed by atoms with Crippen LogP contribution in [0.2, 0.25) is 0 Å². The second-order valence-corrected chi connectivity index (χ2v) is 5.38. The maximum atomic E-state index is 10.8. The molecule has 0 radical (unpaired) electrons. The van der Waals surface area contributed by atoms with E-state index in [9.17, 15) is 8.42 Å². The van der Waals surface area contributed by atoms with E-state index < -0.39 is 9.84 Å². The monoisotopic (exact) mass is 214 g/mol. The highest BCUT2D eigenvalue weighted by atomic mass is 32.2. The Hall–Kier alpha value is -1.10. The summed E-state index contributed by atoms with van der Waals surface area (Å²) in [6, 6.07) is 5.56. The second-order valence-electron chi connectivity index (χ2n) is 3.13. The number of rotatable bonds is 5. The molecule has 1 aromatic heterocycles. The molecule has 1 N–H and O–H groups in total. The fraction of sp³-hybridized carbons (Fsp3) is 0.444. The quantitative estimate of drug-likeness (QED) is 0.741. The molecule has 0 saturated heterocycles. The Balaban J connectivity index is 2.23. The zero-order valence-electron chi connectivity index (χ0n) is 8.10. The van der Waals surface area contributed by atoms with Crippen molar-refractivity contribution in [2.75, 3.05) is 23.9 Å². The summed E-state index contributed by atoms with van der Waals surface area (Å²) < 4.78 is 21.6. The molecule has 0 saturated carbocycles. The molecule has 0 aliphatic heterocycles. The fourth-order valence-corrected chi connectivity index (χ4v) is 1.69. The molecule has 0 atom stereocenters. The highest BCUT2D eigenvalue weighted by Crippen LogP contribution is 1.99. The zero-order valence-corrected chi connectivity index (χ0v) is 8.92. The minimum Gasteiger partial charge on any atom is -0.370 e. The van der Waals surface area contributed by atoms with Crippen molar-refractivity contribution in [1.29, 1.82) is 0 Å². The van der Waals surface area contributed by atoms with Gasteiger partial charge in [-0.25, -0.2) is 13.4 Å². The van der Waals surface area contributed by atoms with Crippen molar-refractivity contribution in [2.45, 2.75) is 6.42 Å². The average molecular weight is 214 g/mol. The van der Waals surface area contributed by atoms with Crippen LogP contribution in [0.5, 0.6) is 0 Å². The summed E-state index contributed by atoms with van der Waals surface area (Å²) in [5.41, 5.74) is 0. The lowest BCUT2D eigenvalue weighted by Crippen LogP contribution is -2.10. The molecule has 5 heteroatoms. The van der Waals surface area contributed by atoms with Crippen LogP contribution in [0.15, 0.2) is 24.4 Å². The molecule has 0 aliphatic rings. The van der Waals surface area contributed by atoms with Gasteiger partial charge in [-0.2, -0.15) is 0 Å². The molecule has 1 heterocycles. The third-order valence-corrected chi connectivity index (χ3v) is 2.69. The number of aromatic nitrogens is 1. The second kappa shape index (κ2) is 4.95. The number of nitrogens with zero attached hydrogens (tertiary/aromatic N) is 1. The number of hydrogen-bond acceptors (Lipinski definition) is 4. The van der Waals surface area contributed by atoms with Gasteiger partial charge in [-0.15, -0.1) is 0 Å². The van der Waals surface area contributed by atoms with E-state index in [1.165, 1.54) is 6.26 Å². The lowest BCUT2D eigenvalue weighted by Gasteiger charge is -2.03. The van der Waals surface area contributed by atoms with Crippen molar-refractivity contribution < 1.29 is 8.42 Å². The normalized spacial score (nSPS) is 11.2. The van der Waals surface area contributed by atoms with Crippen LogP contribution in [-0.2, 0) is 9.84 Å². The Labute approximate surface area is 84.3 Å². The lowest BCUT2D eigenvalue weighted by molar-refractivity contribution is 0.600. The first kappa shape index (κ1) is 11.0. The van der Waals surface area contributed by atoms with Crippen molar-refractivity contribution in [3.05, 3.63) is 24.4 Å². The molecule has 0 aliphatic carbocycles. The van der Waals surface area contributed by atoms with Gasteiger partial charge in [-0.1, -0.05) is 6.07 Å². The van der Waals surface area contributed by atoms with Gasteiger partial charge in [0.1, 0.15) is 15.7 Å². The molecular formula is C9H14N2O2S. The van der Waals surface area contributed by atoms with E-state index in [0.717, 1.165) is 5.82 Å². The molecule has 0 spiro atoms. The van der Waals surface area contributed by atoms with E-state index >= 15 is 0 Å². The van der Waals surface area contributed by atoms with Gasteiger partial charge in [-0.05, 0) is 18.6 Å². The summed E-state index contributed by atoms with van der Waals surface area (Å²) in [5.74, 6) is 0.994. The van der Waals surface area contributed by atoms with Crippen LogP contribution in [-0.4, -0.2) is 32.0 Å². The molecule has 0 fully saturated rings. The maximum absolute atomic E-state index is 10.8. The van der Waals surface area contributed by atoms with E-state index in [4.69, 9.17) is 0 Å². The molecule has 14 heavy (non-hydrogen) atoms. The Morgan fingerprint density at radius 1 is 1.43 bits per heavy atom. The zero-order chi connectivity index (χ0) is 10.4. The van der Waals surface area contributed by atoms with Crippen molar-refractivity contribution in [3.63, 3.8) is 0 Å². The average Bonchev–Trinajstić information content (AvgIpc) is 2.13. The van der Waals surface area contributed by atoms with E-state index in [0.29, 0.717) is 13.0 Å². The molecule has 0 bridgehead atoms. The number of hydrogen-bond donors (Lipinski definition) is 1. The molecule has 0 amide bonds. The van der Waals surface area contributed by atoms with Crippen LogP contribution in [0, 0.1) is 0 Å². The summed E-state index contributed by atoms with van der Waals surface area (Å²) in [6.45, 7) is 0.629. The van der Waals surface area contributed by atoms with Crippen LogP contribution < -0.4 is 5.32 Å². The number of anilines is 1. The Kier molecular flexibility index (Phi) is 3.88. The standard InChI is InChI=1S/C9H14N2O2S/c1-14(12,13)8-4-7-11-9-5-2-3-6-10-9/h2-3,5-6H,4,7-8H2,1H3,(H,10,11). The number of pyridine rings is 1. The third kappa shape index (κ3) is 4.81. The molecule has 0 unspecified atom stereocenters. The fourth-order valence-electron chi connectivity index (χ4n) is 1.02. The van der Waals surface area contributed by atoms with E-state index in [-0.39, 0.29) is 5.75 Å². The number of nitrogens with one attached hydrogen (secondary N) is 1. The SMILES string of the molecule is CS(=O)(=O)CCCNc1ccccn1. The molecular weight excluding hydrogens is 200 g/mol. The molecule has 1 rings (SSSR count). The summed E-state index contributed by atoms with van der Waals surface area (Å²) in [5, 5.41) is 3.04. The third-order valence-electron chi connectivity index (χ3n) is 1.66. The first-order valence-corrected chi connectivity index (χ1v) is 6.46. The van der Waals surface area contributed by atoms with Crippen LogP contribution in [0.4, 0.5) is 5.82 Å². The van der Waals surface area contributed by atoms with Gasteiger partial charge in [0.25, 0.3) is 0 Å². The van der Waals surface area contributed by atoms with Gasteiger partial charge in [0.2, 0.25) is 0 Å². The van der Waals surface area contributed by atoms with Gasteiger partial charge >= 0.3 is 0 Å². The van der Waals surface area contributed by atoms with E-state index in [1.807, 2.05) is 18.2 Å². The van der Waals surface area contributed by atoms with Crippen molar-refractivity contribution in [1.82, 2.24) is 4.98 Å². The minimum atomic E-state index is -2.84. The van der Waals surface area contributed by atoms with Crippen LogP contribution in [0.1, 0.15) is 6.42 Å². The Bertz CT molecular complexity index is 362. The first-order valence-electron chi connectivity index (χ1n) is 4.40. The van der Waals surface area contributed by atoms with Crippen molar-refractivity contribution in [3.8, 4) is 0 Å². The molecule has 1 aromatic rings. The summed E-state index contributed by atoms with van der Waals surface area (Å²) >= 11 is 0. The van der Waals surface area contributed by atoms with Crippen LogP contribution >= 0.6 is 0 Å². The van der Waals surface area contributed by atoms with Gasteiger partial charge in [0.05, 0.1) is 5.75 Å². The smallest absolute Gasteiger partial charge is 0.147 e. The first-order chi connectivity index (χ1) is 6.58. The largest absolute Gasteiger partial charge is 0.370 e. The molecule has 78 valence electrons. The topological polar surface area (TPSA) is 59.1 Å². The predicted molar refractivity (Wildman–Crippen MR) is 57.1 cm³/mol. The van der Waals surface area contributed by atoms with Gasteiger partial charge in [0.15, 0.2) is 0 Å². The van der Waals surface area contributed by atoms with Gasteiger partial charge in [0, 0.05) is 19.0 Å². The van der Waals surface area contributed by atoms with Gasteiger partial charge in [-0.3, -0.25) is 0 Å². The highest BCUT2D eigenvalue weighted by Gasteiger charge is 2.00. The van der Waals surface area contributed by atoms with Crippen LogP contribution in [0.25, 0.3) is 0 Å². The summed E-state index contributed by atoms with van der Waals surface area (Å²) in [7, 11) is -2.84. The van der Waals surface area contributed by atoms with E-state index in [1.54, 1.807) is 6.20 Å². The number of sulfone groups is 1. The van der Waals surface area contributed by atoms with Crippen molar-refractivity contribution >= 4 is 15.7 Å². The summed E-state index contributed by atoms with van der Waals surface area (Å²) in [4.78, 5) is 4.05. The van der Waals surface area contributed by atoms with Gasteiger partial charge < -0.3 is 5.32 Å².